The highest BCUT2D eigenvalue weighted by Crippen LogP contribution is 2.25. The summed E-state index contributed by atoms with van der Waals surface area (Å²) in [5, 5.41) is 0. The van der Waals surface area contributed by atoms with E-state index in [9.17, 15) is 9.59 Å². The number of carbonyl (C=O) groups is 2. The molecule has 1 saturated heterocycles. The summed E-state index contributed by atoms with van der Waals surface area (Å²) in [7, 11) is 0. The molecule has 1 aliphatic rings. The Balaban J connectivity index is 2.48. The van der Waals surface area contributed by atoms with E-state index in [0.717, 1.165) is 0 Å². The maximum absolute atomic E-state index is 11.9. The van der Waals surface area contributed by atoms with E-state index in [2.05, 4.69) is 0 Å². The lowest BCUT2D eigenvalue weighted by atomic mass is 9.94. The molecule has 2 amide bonds. The smallest absolute Gasteiger partial charge is 0.233 e. The van der Waals surface area contributed by atoms with Crippen molar-refractivity contribution in [2.45, 2.75) is 40.2 Å². The molecular formula is C12H21NO3. The van der Waals surface area contributed by atoms with Crippen LogP contribution in [0.4, 0.5) is 0 Å². The predicted octanol–water partition coefficient (Wildman–Crippen LogP) is 1.44. The fourth-order valence-corrected chi connectivity index (χ4v) is 1.84. The van der Waals surface area contributed by atoms with Crippen LogP contribution in [0.5, 0.6) is 0 Å². The zero-order chi connectivity index (χ0) is 12.3. The molecule has 0 aromatic heterocycles. The summed E-state index contributed by atoms with van der Waals surface area (Å²) < 4.78 is 5.35. The monoisotopic (exact) mass is 227 g/mol. The van der Waals surface area contributed by atoms with Crippen LogP contribution in [0.2, 0.25) is 0 Å². The van der Waals surface area contributed by atoms with Crippen molar-refractivity contribution < 1.29 is 14.3 Å². The third-order valence-electron chi connectivity index (χ3n) is 2.85. The molecule has 4 nitrogen and oxygen atoms in total. The summed E-state index contributed by atoms with van der Waals surface area (Å²) in [5.41, 5.74) is 0. The minimum absolute atomic E-state index is 0.0349. The van der Waals surface area contributed by atoms with Crippen molar-refractivity contribution in [2.24, 2.45) is 11.8 Å². The first-order chi connectivity index (χ1) is 7.43. The van der Waals surface area contributed by atoms with Crippen molar-refractivity contribution in [3.63, 3.8) is 0 Å². The van der Waals surface area contributed by atoms with E-state index in [1.807, 2.05) is 27.7 Å². The summed E-state index contributed by atoms with van der Waals surface area (Å²) in [6, 6.07) is 0. The summed E-state index contributed by atoms with van der Waals surface area (Å²) in [6.45, 7) is 8.64. The van der Waals surface area contributed by atoms with Crippen LogP contribution < -0.4 is 0 Å². The van der Waals surface area contributed by atoms with Crippen molar-refractivity contribution in [1.82, 2.24) is 4.90 Å². The van der Waals surface area contributed by atoms with Gasteiger partial charge in [-0.1, -0.05) is 13.8 Å². The first kappa shape index (κ1) is 13.2. The molecule has 1 unspecified atom stereocenters. The first-order valence-corrected chi connectivity index (χ1v) is 5.89. The van der Waals surface area contributed by atoms with Crippen molar-refractivity contribution in [3.8, 4) is 0 Å². The second-order valence-corrected chi connectivity index (χ2v) is 4.86. The van der Waals surface area contributed by atoms with Gasteiger partial charge in [0.25, 0.3) is 0 Å². The van der Waals surface area contributed by atoms with Gasteiger partial charge in [0.2, 0.25) is 11.8 Å². The highest BCUT2D eigenvalue weighted by molar-refractivity contribution is 6.03. The lowest BCUT2D eigenvalue weighted by Gasteiger charge is -2.17. The highest BCUT2D eigenvalue weighted by Gasteiger charge is 2.39. The summed E-state index contributed by atoms with van der Waals surface area (Å²) in [6.07, 6.45) is 0.492. The molecule has 0 aromatic carbocycles. The van der Waals surface area contributed by atoms with Crippen molar-refractivity contribution in [3.05, 3.63) is 0 Å². The Morgan fingerprint density at radius 1 is 1.31 bits per heavy atom. The lowest BCUT2D eigenvalue weighted by molar-refractivity contribution is -0.140. The van der Waals surface area contributed by atoms with E-state index >= 15 is 0 Å². The number of nitrogens with zero attached hydrogens (tertiary/aromatic N) is 1. The van der Waals surface area contributed by atoms with Gasteiger partial charge in [-0.3, -0.25) is 14.5 Å². The molecule has 4 heteroatoms. The second kappa shape index (κ2) is 5.43. The van der Waals surface area contributed by atoms with Crippen LogP contribution in [0, 0.1) is 11.8 Å². The van der Waals surface area contributed by atoms with Gasteiger partial charge in [0.15, 0.2) is 0 Å². The predicted molar refractivity (Wildman–Crippen MR) is 60.8 cm³/mol. The van der Waals surface area contributed by atoms with Crippen LogP contribution in [-0.2, 0) is 14.3 Å². The summed E-state index contributed by atoms with van der Waals surface area (Å²) >= 11 is 0. The van der Waals surface area contributed by atoms with E-state index in [-0.39, 0.29) is 29.8 Å². The average Bonchev–Trinajstić information content (AvgIpc) is 2.44. The second-order valence-electron chi connectivity index (χ2n) is 4.86. The number of amides is 2. The van der Waals surface area contributed by atoms with Gasteiger partial charge < -0.3 is 4.74 Å². The number of rotatable bonds is 5. The molecular weight excluding hydrogens is 206 g/mol. The number of likely N-dealkylation sites (tertiary alicyclic amines) is 1. The largest absolute Gasteiger partial charge is 0.377 e. The van der Waals surface area contributed by atoms with Gasteiger partial charge in [-0.2, -0.15) is 0 Å². The molecule has 1 aliphatic heterocycles. The standard InChI is InChI=1S/C12H21NO3/c1-8(2)10-7-11(14)13(12(10)15)5-6-16-9(3)4/h8-10H,5-7H2,1-4H3. The quantitative estimate of drug-likeness (QED) is 0.668. The molecule has 1 fully saturated rings. The molecule has 1 atom stereocenters. The topological polar surface area (TPSA) is 46.6 Å². The number of ether oxygens (including phenoxy) is 1. The zero-order valence-corrected chi connectivity index (χ0v) is 10.5. The van der Waals surface area contributed by atoms with Gasteiger partial charge in [-0.25, -0.2) is 0 Å². The van der Waals surface area contributed by atoms with Crippen LogP contribution in [0.1, 0.15) is 34.1 Å². The molecule has 0 N–H and O–H groups in total. The van der Waals surface area contributed by atoms with Gasteiger partial charge in [-0.05, 0) is 19.8 Å². The van der Waals surface area contributed by atoms with E-state index in [1.165, 1.54) is 4.90 Å². The average molecular weight is 227 g/mol. The molecule has 0 spiro atoms. The Bertz CT molecular complexity index is 273. The number of hydrogen-bond acceptors (Lipinski definition) is 3. The van der Waals surface area contributed by atoms with E-state index in [4.69, 9.17) is 4.74 Å². The van der Waals surface area contributed by atoms with Gasteiger partial charge in [0.1, 0.15) is 0 Å². The minimum Gasteiger partial charge on any atom is -0.377 e. The van der Waals surface area contributed by atoms with Crippen LogP contribution in [0.15, 0.2) is 0 Å². The van der Waals surface area contributed by atoms with E-state index in [1.54, 1.807) is 0 Å². The molecule has 92 valence electrons. The Hall–Kier alpha value is -0.900. The minimum atomic E-state index is -0.133. The first-order valence-electron chi connectivity index (χ1n) is 5.89. The third-order valence-corrected chi connectivity index (χ3v) is 2.85. The van der Waals surface area contributed by atoms with Crippen molar-refractivity contribution in [1.29, 1.82) is 0 Å². The Morgan fingerprint density at radius 3 is 2.38 bits per heavy atom. The third kappa shape index (κ3) is 3.04. The van der Waals surface area contributed by atoms with Crippen LogP contribution >= 0.6 is 0 Å². The molecule has 0 bridgehead atoms. The fourth-order valence-electron chi connectivity index (χ4n) is 1.84. The lowest BCUT2D eigenvalue weighted by Crippen LogP contribution is -2.35. The normalized spacial score (nSPS) is 21.6. The molecule has 16 heavy (non-hydrogen) atoms. The molecule has 0 saturated carbocycles. The summed E-state index contributed by atoms with van der Waals surface area (Å²) in [5.74, 6) is 0.00225. The van der Waals surface area contributed by atoms with E-state index < -0.39 is 0 Å². The SMILES string of the molecule is CC(C)OCCN1C(=O)CC(C(C)C)C1=O. The summed E-state index contributed by atoms with van der Waals surface area (Å²) in [4.78, 5) is 24.8. The maximum Gasteiger partial charge on any atom is 0.233 e. The molecule has 1 rings (SSSR count). The van der Waals surface area contributed by atoms with Gasteiger partial charge in [-0.15, -0.1) is 0 Å². The number of hydrogen-bond donors (Lipinski definition) is 0. The van der Waals surface area contributed by atoms with Gasteiger partial charge >= 0.3 is 0 Å². The van der Waals surface area contributed by atoms with Crippen LogP contribution in [0.3, 0.4) is 0 Å². The van der Waals surface area contributed by atoms with Gasteiger partial charge in [0.05, 0.1) is 19.3 Å². The number of imide groups is 1. The van der Waals surface area contributed by atoms with Crippen LogP contribution in [-0.4, -0.2) is 36.0 Å². The number of carbonyl (C=O) groups excluding carboxylic acids is 2. The molecule has 0 aliphatic carbocycles. The van der Waals surface area contributed by atoms with E-state index in [0.29, 0.717) is 19.6 Å². The maximum atomic E-state index is 11.9. The zero-order valence-electron chi connectivity index (χ0n) is 10.5. The van der Waals surface area contributed by atoms with Crippen molar-refractivity contribution >= 4 is 11.8 Å². The fraction of sp³-hybridized carbons (Fsp3) is 0.833. The Labute approximate surface area is 96.9 Å². The Kier molecular flexibility index (Phi) is 4.47. The Morgan fingerprint density at radius 2 is 1.94 bits per heavy atom. The molecule has 1 heterocycles. The van der Waals surface area contributed by atoms with Crippen molar-refractivity contribution in [2.75, 3.05) is 13.2 Å². The highest BCUT2D eigenvalue weighted by atomic mass is 16.5. The van der Waals surface area contributed by atoms with Gasteiger partial charge in [0, 0.05) is 12.3 Å². The van der Waals surface area contributed by atoms with Crippen LogP contribution in [0.25, 0.3) is 0 Å². The molecule has 0 radical (unpaired) electrons. The molecule has 0 aromatic rings.